The Balaban J connectivity index is 2.29. The predicted molar refractivity (Wildman–Crippen MR) is 74.9 cm³/mol. The van der Waals surface area contributed by atoms with Gasteiger partial charge in [-0.2, -0.15) is 0 Å². The number of nitrogen functional groups attached to an aromatic ring is 1. The average molecular weight is 266 g/mol. The van der Waals surface area contributed by atoms with Crippen molar-refractivity contribution in [2.75, 3.05) is 18.6 Å². The first kappa shape index (κ1) is 12.3. The number of nitrogens with zero attached hydrogens (tertiary/aromatic N) is 1. The summed E-state index contributed by atoms with van der Waals surface area (Å²) >= 11 is 3.20. The summed E-state index contributed by atoms with van der Waals surface area (Å²) in [6.45, 7) is 2.09. The number of nitrogens with two attached hydrogens (primary N) is 1. The largest absolute Gasteiger partial charge is 0.497 e. The minimum Gasteiger partial charge on any atom is -0.497 e. The van der Waals surface area contributed by atoms with Crippen molar-refractivity contribution in [3.8, 4) is 16.3 Å². The molecule has 0 saturated heterocycles. The quantitative estimate of drug-likeness (QED) is 0.860. The van der Waals surface area contributed by atoms with Crippen LogP contribution >= 0.6 is 23.1 Å². The topological polar surface area (TPSA) is 48.1 Å². The van der Waals surface area contributed by atoms with E-state index in [2.05, 4.69) is 11.9 Å². The van der Waals surface area contributed by atoms with Gasteiger partial charge < -0.3 is 10.5 Å². The molecule has 0 atom stereocenters. The molecule has 0 saturated carbocycles. The molecule has 1 heterocycles. The number of benzene rings is 1. The molecular formula is C12H14N2OS2. The Morgan fingerprint density at radius 1 is 1.35 bits per heavy atom. The molecule has 2 aromatic rings. The van der Waals surface area contributed by atoms with Crippen LogP contribution in [-0.4, -0.2) is 17.8 Å². The molecule has 3 nitrogen and oxygen atoms in total. The zero-order valence-corrected chi connectivity index (χ0v) is 11.4. The third-order valence-corrected chi connectivity index (χ3v) is 4.17. The van der Waals surface area contributed by atoms with E-state index in [1.54, 1.807) is 18.9 Å². The first-order valence-corrected chi connectivity index (χ1v) is 7.08. The second-order valence-corrected chi connectivity index (χ2v) is 5.63. The van der Waals surface area contributed by atoms with Crippen molar-refractivity contribution in [2.24, 2.45) is 0 Å². The van der Waals surface area contributed by atoms with Gasteiger partial charge in [-0.1, -0.05) is 18.3 Å². The number of thiazole rings is 1. The maximum atomic E-state index is 5.93. The van der Waals surface area contributed by atoms with E-state index in [-0.39, 0.29) is 0 Å². The van der Waals surface area contributed by atoms with Gasteiger partial charge in [-0.3, -0.25) is 0 Å². The second kappa shape index (κ2) is 5.42. The van der Waals surface area contributed by atoms with Gasteiger partial charge in [0, 0.05) is 5.56 Å². The minimum absolute atomic E-state index is 0.794. The lowest BCUT2D eigenvalue weighted by Crippen LogP contribution is -1.83. The van der Waals surface area contributed by atoms with E-state index in [1.165, 1.54) is 11.3 Å². The number of aromatic nitrogens is 1. The van der Waals surface area contributed by atoms with Gasteiger partial charge in [0.2, 0.25) is 0 Å². The predicted octanol–water partition coefficient (Wildman–Crippen LogP) is 3.51. The third-order valence-electron chi connectivity index (χ3n) is 2.24. The number of hydrogen-bond acceptors (Lipinski definition) is 5. The van der Waals surface area contributed by atoms with Gasteiger partial charge in [0.25, 0.3) is 0 Å². The molecule has 2 N–H and O–H groups in total. The van der Waals surface area contributed by atoms with Crippen molar-refractivity contribution in [3.05, 3.63) is 24.3 Å². The van der Waals surface area contributed by atoms with Crippen LogP contribution in [-0.2, 0) is 0 Å². The molecule has 0 spiro atoms. The Labute approximate surface area is 109 Å². The van der Waals surface area contributed by atoms with Crippen LogP contribution in [0.5, 0.6) is 5.75 Å². The van der Waals surface area contributed by atoms with E-state index in [0.717, 1.165) is 32.1 Å². The third kappa shape index (κ3) is 2.73. The van der Waals surface area contributed by atoms with Crippen molar-refractivity contribution in [2.45, 2.75) is 11.9 Å². The van der Waals surface area contributed by atoms with Crippen LogP contribution in [0.2, 0.25) is 0 Å². The lowest BCUT2D eigenvalue weighted by molar-refractivity contribution is 0.415. The van der Waals surface area contributed by atoms with Crippen molar-refractivity contribution in [1.29, 1.82) is 0 Å². The van der Waals surface area contributed by atoms with E-state index in [0.29, 0.717) is 0 Å². The molecule has 0 aliphatic rings. The number of thioether (sulfide) groups is 1. The number of anilines is 1. The summed E-state index contributed by atoms with van der Waals surface area (Å²) in [7, 11) is 1.66. The number of methoxy groups -OCH3 is 1. The maximum absolute atomic E-state index is 5.93. The van der Waals surface area contributed by atoms with Gasteiger partial charge in [-0.15, -0.1) is 11.8 Å². The van der Waals surface area contributed by atoms with Gasteiger partial charge in [-0.25, -0.2) is 4.98 Å². The molecule has 0 radical (unpaired) electrons. The van der Waals surface area contributed by atoms with Crippen molar-refractivity contribution in [1.82, 2.24) is 4.98 Å². The fourth-order valence-corrected chi connectivity index (χ4v) is 3.08. The van der Waals surface area contributed by atoms with E-state index in [9.17, 15) is 0 Å². The molecule has 0 aliphatic heterocycles. The Morgan fingerprint density at radius 2 is 2.06 bits per heavy atom. The molecule has 0 fully saturated rings. The van der Waals surface area contributed by atoms with Crippen LogP contribution < -0.4 is 10.5 Å². The fraction of sp³-hybridized carbons (Fsp3) is 0.250. The first-order valence-electron chi connectivity index (χ1n) is 5.28. The van der Waals surface area contributed by atoms with E-state index in [4.69, 9.17) is 10.5 Å². The number of rotatable bonds is 4. The molecule has 5 heteroatoms. The standard InChI is InChI=1S/C12H14N2OS2/c1-3-16-12-10(13)17-11(14-12)8-4-6-9(15-2)7-5-8/h4-7H,3,13H2,1-2H3. The molecule has 1 aromatic carbocycles. The van der Waals surface area contributed by atoms with Crippen LogP contribution in [0.25, 0.3) is 10.6 Å². The number of ether oxygens (including phenoxy) is 1. The molecule has 17 heavy (non-hydrogen) atoms. The first-order chi connectivity index (χ1) is 8.24. The average Bonchev–Trinajstić information content (AvgIpc) is 2.72. The Hall–Kier alpha value is -1.20. The van der Waals surface area contributed by atoms with Gasteiger partial charge in [0.15, 0.2) is 0 Å². The van der Waals surface area contributed by atoms with Gasteiger partial charge in [0.05, 0.1) is 7.11 Å². The Kier molecular flexibility index (Phi) is 3.91. The van der Waals surface area contributed by atoms with Crippen LogP contribution in [0, 0.1) is 0 Å². The molecule has 0 unspecified atom stereocenters. The zero-order valence-electron chi connectivity index (χ0n) is 9.77. The zero-order chi connectivity index (χ0) is 12.3. The number of hydrogen-bond donors (Lipinski definition) is 1. The summed E-state index contributed by atoms with van der Waals surface area (Å²) in [6.07, 6.45) is 0. The van der Waals surface area contributed by atoms with Crippen molar-refractivity contribution < 1.29 is 4.74 Å². The minimum atomic E-state index is 0.794. The molecule has 0 bridgehead atoms. The highest BCUT2D eigenvalue weighted by molar-refractivity contribution is 7.99. The monoisotopic (exact) mass is 266 g/mol. The fourth-order valence-electron chi connectivity index (χ4n) is 1.42. The summed E-state index contributed by atoms with van der Waals surface area (Å²) in [5.74, 6) is 1.83. The highest BCUT2D eigenvalue weighted by Crippen LogP contribution is 2.35. The summed E-state index contributed by atoms with van der Waals surface area (Å²) < 4.78 is 5.13. The maximum Gasteiger partial charge on any atom is 0.131 e. The van der Waals surface area contributed by atoms with Gasteiger partial charge in [0.1, 0.15) is 20.8 Å². The summed E-state index contributed by atoms with van der Waals surface area (Å²) in [6, 6.07) is 7.86. The highest BCUT2D eigenvalue weighted by Gasteiger charge is 2.09. The normalized spacial score (nSPS) is 10.5. The van der Waals surface area contributed by atoms with Gasteiger partial charge >= 0.3 is 0 Å². The van der Waals surface area contributed by atoms with Gasteiger partial charge in [-0.05, 0) is 30.0 Å². The SMILES string of the molecule is CCSc1nc(-c2ccc(OC)cc2)sc1N. The van der Waals surface area contributed by atoms with E-state index < -0.39 is 0 Å². The molecule has 90 valence electrons. The van der Waals surface area contributed by atoms with Crippen molar-refractivity contribution in [3.63, 3.8) is 0 Å². The summed E-state index contributed by atoms with van der Waals surface area (Å²) in [5, 5.41) is 2.69. The molecule has 0 aliphatic carbocycles. The second-order valence-electron chi connectivity index (χ2n) is 3.35. The Morgan fingerprint density at radius 3 is 2.65 bits per heavy atom. The molecule has 0 amide bonds. The lowest BCUT2D eigenvalue weighted by Gasteiger charge is -1.99. The summed E-state index contributed by atoms with van der Waals surface area (Å²) in [5.41, 5.74) is 7.01. The van der Waals surface area contributed by atoms with Crippen LogP contribution in [0.3, 0.4) is 0 Å². The van der Waals surface area contributed by atoms with Crippen molar-refractivity contribution >= 4 is 28.1 Å². The van der Waals surface area contributed by atoms with E-state index >= 15 is 0 Å². The van der Waals surface area contributed by atoms with Crippen LogP contribution in [0.4, 0.5) is 5.00 Å². The molecule has 2 rings (SSSR count). The smallest absolute Gasteiger partial charge is 0.131 e. The summed E-state index contributed by atoms with van der Waals surface area (Å²) in [4.78, 5) is 4.54. The van der Waals surface area contributed by atoms with Crippen LogP contribution in [0.1, 0.15) is 6.92 Å². The Bertz CT molecular complexity index is 494. The van der Waals surface area contributed by atoms with E-state index in [1.807, 2.05) is 24.3 Å². The highest BCUT2D eigenvalue weighted by atomic mass is 32.2. The molecule has 1 aromatic heterocycles. The molecular weight excluding hydrogens is 252 g/mol. The lowest BCUT2D eigenvalue weighted by atomic mass is 10.2. The van der Waals surface area contributed by atoms with Crippen LogP contribution in [0.15, 0.2) is 29.3 Å².